The van der Waals surface area contributed by atoms with Crippen LogP contribution in [-0.4, -0.2) is 14.1 Å². The van der Waals surface area contributed by atoms with Crippen LogP contribution >= 0.6 is 0 Å². The molecule has 2 heterocycles. The summed E-state index contributed by atoms with van der Waals surface area (Å²) in [7, 11) is 0. The zero-order valence-electron chi connectivity index (χ0n) is 10.6. The Morgan fingerprint density at radius 2 is 2.06 bits per heavy atom. The van der Waals surface area contributed by atoms with E-state index < -0.39 is 0 Å². The second kappa shape index (κ2) is 4.15. The predicted molar refractivity (Wildman–Crippen MR) is 67.5 cm³/mol. The summed E-state index contributed by atoms with van der Waals surface area (Å²) in [6, 6.07) is 5.40. The molecule has 0 saturated carbocycles. The summed E-state index contributed by atoms with van der Waals surface area (Å²) in [6.45, 7) is 5.83. The van der Waals surface area contributed by atoms with E-state index in [1.54, 1.807) is 35.3 Å². The van der Waals surface area contributed by atoms with Crippen LogP contribution in [0.1, 0.15) is 26.5 Å². The van der Waals surface area contributed by atoms with E-state index in [0.717, 1.165) is 0 Å². The third-order valence-corrected chi connectivity index (χ3v) is 2.64. The second-order valence-corrected chi connectivity index (χ2v) is 4.97. The van der Waals surface area contributed by atoms with E-state index in [4.69, 9.17) is 5.26 Å². The highest BCUT2D eigenvalue weighted by Crippen LogP contribution is 2.12. The Morgan fingerprint density at radius 3 is 2.67 bits per heavy atom. The first kappa shape index (κ1) is 12.1. The molecule has 2 rings (SSSR count). The van der Waals surface area contributed by atoms with Crippen LogP contribution in [0.3, 0.4) is 0 Å². The molecule has 0 atom stereocenters. The third-order valence-electron chi connectivity index (χ3n) is 2.64. The van der Waals surface area contributed by atoms with Crippen molar-refractivity contribution in [3.8, 4) is 11.9 Å². The zero-order chi connectivity index (χ0) is 13.3. The molecule has 0 unspecified atom stereocenters. The minimum absolute atomic E-state index is 0.210. The van der Waals surface area contributed by atoms with Crippen LogP contribution in [0.25, 0.3) is 5.82 Å². The van der Waals surface area contributed by atoms with E-state index in [2.05, 4.69) is 4.98 Å². The largest absolute Gasteiger partial charge is 0.306 e. The van der Waals surface area contributed by atoms with Crippen LogP contribution in [0.2, 0.25) is 0 Å². The van der Waals surface area contributed by atoms with Crippen LogP contribution in [0.15, 0.2) is 35.5 Å². The highest BCUT2D eigenvalue weighted by atomic mass is 16.1. The van der Waals surface area contributed by atoms with E-state index in [9.17, 15) is 4.79 Å². The van der Waals surface area contributed by atoms with Crippen molar-refractivity contribution in [2.45, 2.75) is 26.3 Å². The molecule has 0 aromatic carbocycles. The Balaban J connectivity index is 2.69. The van der Waals surface area contributed by atoms with Crippen molar-refractivity contribution < 1.29 is 0 Å². The molecule has 5 heteroatoms. The van der Waals surface area contributed by atoms with Gasteiger partial charge < -0.3 is 4.57 Å². The van der Waals surface area contributed by atoms with Crippen molar-refractivity contribution in [2.24, 2.45) is 0 Å². The van der Waals surface area contributed by atoms with Gasteiger partial charge in [0.1, 0.15) is 11.8 Å². The first-order chi connectivity index (χ1) is 8.45. The van der Waals surface area contributed by atoms with Crippen LogP contribution in [0.5, 0.6) is 0 Å². The van der Waals surface area contributed by atoms with E-state index in [1.807, 2.05) is 26.8 Å². The minimum atomic E-state index is -0.325. The Morgan fingerprint density at radius 1 is 1.33 bits per heavy atom. The number of nitriles is 1. The predicted octanol–water partition coefficient (Wildman–Crippen LogP) is 1.66. The molecule has 0 fully saturated rings. The van der Waals surface area contributed by atoms with E-state index in [1.165, 1.54) is 4.57 Å². The van der Waals surface area contributed by atoms with Gasteiger partial charge in [-0.2, -0.15) is 5.26 Å². The molecule has 0 saturated heterocycles. The third kappa shape index (κ3) is 1.93. The van der Waals surface area contributed by atoms with Crippen LogP contribution in [-0.2, 0) is 5.54 Å². The summed E-state index contributed by atoms with van der Waals surface area (Å²) in [6.07, 6.45) is 4.89. The molecule has 92 valence electrons. The normalized spacial score (nSPS) is 11.2. The molecule has 0 aliphatic carbocycles. The summed E-state index contributed by atoms with van der Waals surface area (Å²) in [5, 5.41) is 8.98. The first-order valence-electron chi connectivity index (χ1n) is 5.61. The number of hydrogen-bond donors (Lipinski definition) is 0. The molecular weight excluding hydrogens is 228 g/mol. The lowest BCUT2D eigenvalue weighted by molar-refractivity contribution is 0.381. The van der Waals surface area contributed by atoms with Gasteiger partial charge in [0, 0.05) is 24.1 Å². The Bertz CT molecular complexity index is 667. The van der Waals surface area contributed by atoms with Crippen LogP contribution in [0, 0.1) is 11.3 Å². The molecule has 0 spiro atoms. The minimum Gasteiger partial charge on any atom is -0.306 e. The molecule has 5 nitrogen and oxygen atoms in total. The topological polar surface area (TPSA) is 63.6 Å². The summed E-state index contributed by atoms with van der Waals surface area (Å²) in [5.41, 5.74) is -0.140. The molecule has 0 aliphatic rings. The van der Waals surface area contributed by atoms with Gasteiger partial charge in [-0.05, 0) is 32.9 Å². The Hall–Kier alpha value is -2.35. The maximum absolute atomic E-state index is 12.4. The van der Waals surface area contributed by atoms with E-state index in [-0.39, 0.29) is 16.9 Å². The molecule has 2 aromatic heterocycles. The number of rotatable bonds is 1. The SMILES string of the molecule is CC(C)(C)n1ccnc(-n2cccc2C#N)c1=O. The Labute approximate surface area is 105 Å². The highest BCUT2D eigenvalue weighted by Gasteiger charge is 2.18. The van der Waals surface area contributed by atoms with Crippen molar-refractivity contribution in [1.82, 2.24) is 14.1 Å². The van der Waals surface area contributed by atoms with Gasteiger partial charge in [-0.1, -0.05) is 0 Å². The average Bonchev–Trinajstić information content (AvgIpc) is 2.75. The molecule has 18 heavy (non-hydrogen) atoms. The summed E-state index contributed by atoms with van der Waals surface area (Å²) < 4.78 is 3.11. The van der Waals surface area contributed by atoms with Gasteiger partial charge in [-0.25, -0.2) is 4.98 Å². The van der Waals surface area contributed by atoms with Gasteiger partial charge in [-0.15, -0.1) is 0 Å². The van der Waals surface area contributed by atoms with Gasteiger partial charge in [0.05, 0.1) is 0 Å². The zero-order valence-corrected chi connectivity index (χ0v) is 10.6. The molecule has 0 amide bonds. The fraction of sp³-hybridized carbons (Fsp3) is 0.308. The number of nitrogens with zero attached hydrogens (tertiary/aromatic N) is 4. The maximum Gasteiger partial charge on any atom is 0.294 e. The maximum atomic E-state index is 12.4. The van der Waals surface area contributed by atoms with Crippen molar-refractivity contribution in [3.05, 3.63) is 46.8 Å². The van der Waals surface area contributed by atoms with Crippen molar-refractivity contribution >= 4 is 0 Å². The molecule has 2 aromatic rings. The fourth-order valence-corrected chi connectivity index (χ4v) is 1.75. The molecular formula is C13H14N4O. The second-order valence-electron chi connectivity index (χ2n) is 4.97. The smallest absolute Gasteiger partial charge is 0.294 e. The van der Waals surface area contributed by atoms with Crippen molar-refractivity contribution in [2.75, 3.05) is 0 Å². The van der Waals surface area contributed by atoms with Crippen LogP contribution < -0.4 is 5.56 Å². The Kier molecular flexibility index (Phi) is 2.79. The average molecular weight is 242 g/mol. The van der Waals surface area contributed by atoms with Gasteiger partial charge in [0.15, 0.2) is 0 Å². The van der Waals surface area contributed by atoms with Crippen molar-refractivity contribution in [1.29, 1.82) is 5.26 Å². The van der Waals surface area contributed by atoms with E-state index in [0.29, 0.717) is 5.69 Å². The fourth-order valence-electron chi connectivity index (χ4n) is 1.75. The lowest BCUT2D eigenvalue weighted by Gasteiger charge is -2.22. The van der Waals surface area contributed by atoms with Gasteiger partial charge in [-0.3, -0.25) is 9.36 Å². The first-order valence-corrected chi connectivity index (χ1v) is 5.61. The highest BCUT2D eigenvalue weighted by molar-refractivity contribution is 5.32. The molecule has 0 radical (unpaired) electrons. The number of hydrogen-bond acceptors (Lipinski definition) is 3. The molecule has 0 bridgehead atoms. The van der Waals surface area contributed by atoms with Gasteiger partial charge >= 0.3 is 0 Å². The molecule has 0 aliphatic heterocycles. The monoisotopic (exact) mass is 242 g/mol. The summed E-state index contributed by atoms with van der Waals surface area (Å²) >= 11 is 0. The van der Waals surface area contributed by atoms with Crippen molar-refractivity contribution in [3.63, 3.8) is 0 Å². The lowest BCUT2D eigenvalue weighted by atomic mass is 10.1. The molecule has 0 N–H and O–H groups in total. The van der Waals surface area contributed by atoms with Crippen LogP contribution in [0.4, 0.5) is 0 Å². The van der Waals surface area contributed by atoms with Gasteiger partial charge in [0.25, 0.3) is 5.56 Å². The van der Waals surface area contributed by atoms with Gasteiger partial charge in [0.2, 0.25) is 5.82 Å². The standard InChI is InChI=1S/C13H14N4O/c1-13(2,3)17-8-6-15-11(12(17)18)16-7-4-5-10(16)9-14/h4-8H,1-3H3. The van der Waals surface area contributed by atoms with E-state index >= 15 is 0 Å². The number of aromatic nitrogens is 3. The summed E-state index contributed by atoms with van der Waals surface area (Å²) in [4.78, 5) is 16.4. The summed E-state index contributed by atoms with van der Waals surface area (Å²) in [5.74, 6) is 0.244. The lowest BCUT2D eigenvalue weighted by Crippen LogP contribution is -2.35. The quantitative estimate of drug-likeness (QED) is 0.764.